The minimum Gasteiger partial charge on any atom is -0.457 e. The van der Waals surface area contributed by atoms with Crippen molar-refractivity contribution in [2.24, 2.45) is 5.73 Å². The van der Waals surface area contributed by atoms with Gasteiger partial charge in [-0.25, -0.2) is 4.79 Å². The third kappa shape index (κ3) is 4.63. The molecule has 0 aromatic heterocycles. The summed E-state index contributed by atoms with van der Waals surface area (Å²) >= 11 is 0. The Morgan fingerprint density at radius 3 is 2.53 bits per heavy atom. The van der Waals surface area contributed by atoms with Gasteiger partial charge in [-0.2, -0.15) is 0 Å². The zero-order chi connectivity index (χ0) is 21.9. The summed E-state index contributed by atoms with van der Waals surface area (Å²) in [7, 11) is 0. The summed E-state index contributed by atoms with van der Waals surface area (Å²) < 4.78 is 11.2. The number of ether oxygens (including phenoxy) is 2. The summed E-state index contributed by atoms with van der Waals surface area (Å²) in [5.74, 6) is 2.76. The molecule has 1 saturated heterocycles. The molecule has 2 N–H and O–H groups in total. The second kappa shape index (κ2) is 9.05. The minimum absolute atomic E-state index is 0.449. The van der Waals surface area contributed by atoms with E-state index in [1.165, 1.54) is 29.5 Å². The van der Waals surface area contributed by atoms with Gasteiger partial charge in [0.15, 0.2) is 0 Å². The van der Waals surface area contributed by atoms with Gasteiger partial charge in [-0.3, -0.25) is 4.90 Å². The van der Waals surface area contributed by atoms with Crippen LogP contribution in [0.3, 0.4) is 0 Å². The zero-order valence-electron chi connectivity index (χ0n) is 18.1. The number of likely N-dealkylation sites (tertiary alicyclic amines) is 1. The van der Waals surface area contributed by atoms with Crippen molar-refractivity contribution in [3.05, 3.63) is 89.0 Å². The maximum Gasteiger partial charge on any atom is 0.409 e. The van der Waals surface area contributed by atoms with Crippen molar-refractivity contribution in [1.82, 2.24) is 4.90 Å². The lowest BCUT2D eigenvalue weighted by atomic mass is 9.90. The molecule has 32 heavy (non-hydrogen) atoms. The van der Waals surface area contributed by atoms with E-state index in [2.05, 4.69) is 53.4 Å². The highest BCUT2D eigenvalue weighted by Gasteiger charge is 2.22. The average molecular weight is 429 g/mol. The number of fused-ring (bicyclic) bond motifs is 2. The average Bonchev–Trinajstić information content (AvgIpc) is 2.98. The number of aryl methyl sites for hydroxylation is 2. The molecule has 1 amide bonds. The standard InChI is InChI=1S/C27H28N2O3/c28-27(30)31-24-11-13-26-22(16-24)10-9-21-15-19(8-12-25(21)32-26)17-29-14-4-7-23(18-29)20-5-2-1-3-6-20/h1-3,5-6,8,11-13,15-16,23H,4,7,9-10,14,17-18H2,(H2,28,30). The van der Waals surface area contributed by atoms with E-state index < -0.39 is 6.09 Å². The van der Waals surface area contributed by atoms with Crippen LogP contribution in [0.2, 0.25) is 0 Å². The molecule has 0 bridgehead atoms. The molecule has 0 spiro atoms. The molecule has 2 aliphatic heterocycles. The highest BCUT2D eigenvalue weighted by atomic mass is 16.5. The van der Waals surface area contributed by atoms with E-state index in [4.69, 9.17) is 15.2 Å². The Hall–Kier alpha value is -3.31. The van der Waals surface area contributed by atoms with E-state index in [1.807, 2.05) is 12.1 Å². The van der Waals surface area contributed by atoms with E-state index in [1.54, 1.807) is 6.07 Å². The molecule has 3 aromatic carbocycles. The third-order valence-electron chi connectivity index (χ3n) is 6.44. The van der Waals surface area contributed by atoms with Gasteiger partial charge in [0.1, 0.15) is 17.2 Å². The predicted molar refractivity (Wildman–Crippen MR) is 124 cm³/mol. The van der Waals surface area contributed by atoms with E-state index in [-0.39, 0.29) is 0 Å². The monoisotopic (exact) mass is 428 g/mol. The number of nitrogens with two attached hydrogens (primary N) is 1. The maximum atomic E-state index is 11.0. The number of piperidine rings is 1. The van der Waals surface area contributed by atoms with Crippen LogP contribution < -0.4 is 15.2 Å². The smallest absolute Gasteiger partial charge is 0.409 e. The molecule has 5 heteroatoms. The van der Waals surface area contributed by atoms with Crippen LogP contribution in [0.25, 0.3) is 0 Å². The van der Waals surface area contributed by atoms with Crippen LogP contribution in [0.1, 0.15) is 41.0 Å². The molecule has 164 valence electrons. The van der Waals surface area contributed by atoms with E-state index >= 15 is 0 Å². The topological polar surface area (TPSA) is 64.8 Å². The Balaban J connectivity index is 1.28. The zero-order valence-corrected chi connectivity index (χ0v) is 18.1. The molecule has 0 saturated carbocycles. The minimum atomic E-state index is -0.806. The predicted octanol–water partition coefficient (Wildman–Crippen LogP) is 5.41. The summed E-state index contributed by atoms with van der Waals surface area (Å²) in [5, 5.41) is 0. The number of hydrogen-bond acceptors (Lipinski definition) is 4. The quantitative estimate of drug-likeness (QED) is 0.603. The summed E-state index contributed by atoms with van der Waals surface area (Å²) in [5.41, 5.74) is 10.1. The van der Waals surface area contributed by atoms with Gasteiger partial charge >= 0.3 is 6.09 Å². The van der Waals surface area contributed by atoms with Gasteiger partial charge in [-0.15, -0.1) is 0 Å². The molecule has 1 atom stereocenters. The van der Waals surface area contributed by atoms with Crippen molar-refractivity contribution in [3.63, 3.8) is 0 Å². The van der Waals surface area contributed by atoms with Crippen molar-refractivity contribution < 1.29 is 14.3 Å². The van der Waals surface area contributed by atoms with Gasteiger partial charge < -0.3 is 15.2 Å². The number of nitrogens with zero attached hydrogens (tertiary/aromatic N) is 1. The second-order valence-electron chi connectivity index (χ2n) is 8.72. The molecule has 2 aliphatic rings. The number of rotatable bonds is 4. The van der Waals surface area contributed by atoms with Gasteiger partial charge in [0.2, 0.25) is 0 Å². The summed E-state index contributed by atoms with van der Waals surface area (Å²) in [6.07, 6.45) is 3.39. The summed E-state index contributed by atoms with van der Waals surface area (Å²) in [4.78, 5) is 13.6. The van der Waals surface area contributed by atoms with Gasteiger partial charge in [-0.05, 0) is 84.7 Å². The molecule has 0 radical (unpaired) electrons. The van der Waals surface area contributed by atoms with Crippen LogP contribution in [0.5, 0.6) is 17.2 Å². The molecule has 0 aliphatic carbocycles. The molecule has 5 rings (SSSR count). The van der Waals surface area contributed by atoms with Crippen molar-refractivity contribution in [2.45, 2.75) is 38.1 Å². The van der Waals surface area contributed by atoms with Crippen LogP contribution in [-0.2, 0) is 19.4 Å². The number of amides is 1. The number of carbonyl (C=O) groups excluding carboxylic acids is 1. The number of carbonyl (C=O) groups is 1. The van der Waals surface area contributed by atoms with Crippen molar-refractivity contribution in [1.29, 1.82) is 0 Å². The number of primary amides is 1. The fourth-order valence-electron chi connectivity index (χ4n) is 4.90. The molecule has 1 unspecified atom stereocenters. The molecular formula is C27H28N2O3. The van der Waals surface area contributed by atoms with Gasteiger partial charge in [0, 0.05) is 13.1 Å². The first kappa shape index (κ1) is 20.6. The first-order valence-corrected chi connectivity index (χ1v) is 11.3. The van der Waals surface area contributed by atoms with Crippen molar-refractivity contribution in [3.8, 4) is 17.2 Å². The van der Waals surface area contributed by atoms with Crippen LogP contribution >= 0.6 is 0 Å². The summed E-state index contributed by atoms with van der Waals surface area (Å²) in [6, 6.07) is 22.8. The Kier molecular flexibility index (Phi) is 5.82. The first-order valence-electron chi connectivity index (χ1n) is 11.3. The van der Waals surface area contributed by atoms with E-state index in [0.717, 1.165) is 49.5 Å². The molecule has 3 aromatic rings. The van der Waals surface area contributed by atoms with Gasteiger partial charge in [0.05, 0.1) is 0 Å². The van der Waals surface area contributed by atoms with Crippen molar-refractivity contribution in [2.75, 3.05) is 13.1 Å². The highest BCUT2D eigenvalue weighted by molar-refractivity contribution is 5.68. The van der Waals surface area contributed by atoms with Crippen molar-refractivity contribution >= 4 is 6.09 Å². The lowest BCUT2D eigenvalue weighted by Gasteiger charge is -2.33. The fraction of sp³-hybridized carbons (Fsp3) is 0.296. The Labute approximate surface area is 188 Å². The van der Waals surface area contributed by atoms with E-state index in [0.29, 0.717) is 11.7 Å². The second-order valence-corrected chi connectivity index (χ2v) is 8.72. The van der Waals surface area contributed by atoms with Crippen LogP contribution in [0, 0.1) is 0 Å². The lowest BCUT2D eigenvalue weighted by molar-refractivity contribution is 0.200. The largest absolute Gasteiger partial charge is 0.457 e. The van der Waals surface area contributed by atoms with E-state index in [9.17, 15) is 4.79 Å². The first-order chi connectivity index (χ1) is 15.6. The normalized spacial score (nSPS) is 18.1. The molecule has 2 heterocycles. The Morgan fingerprint density at radius 1 is 1.00 bits per heavy atom. The van der Waals surface area contributed by atoms with Gasteiger partial charge in [-0.1, -0.05) is 42.5 Å². The lowest BCUT2D eigenvalue weighted by Crippen LogP contribution is -2.33. The number of benzene rings is 3. The summed E-state index contributed by atoms with van der Waals surface area (Å²) in [6.45, 7) is 3.21. The Bertz CT molecular complexity index is 1110. The van der Waals surface area contributed by atoms with Gasteiger partial charge in [0.25, 0.3) is 0 Å². The Morgan fingerprint density at radius 2 is 1.75 bits per heavy atom. The molecule has 1 fully saturated rings. The van der Waals surface area contributed by atoms with Crippen LogP contribution in [0.15, 0.2) is 66.7 Å². The number of hydrogen-bond donors (Lipinski definition) is 1. The molecule has 5 nitrogen and oxygen atoms in total. The third-order valence-corrected chi connectivity index (χ3v) is 6.44. The maximum absolute atomic E-state index is 11.0. The highest BCUT2D eigenvalue weighted by Crippen LogP contribution is 2.36. The molecular weight excluding hydrogens is 400 g/mol. The SMILES string of the molecule is NC(=O)Oc1ccc2c(c1)CCc1cc(CN3CCCC(c4ccccc4)C3)ccc1O2. The fourth-order valence-corrected chi connectivity index (χ4v) is 4.90. The van der Waals surface area contributed by atoms with Crippen LogP contribution in [0.4, 0.5) is 4.79 Å². The van der Waals surface area contributed by atoms with Crippen LogP contribution in [-0.4, -0.2) is 24.1 Å².